The van der Waals surface area contributed by atoms with Crippen molar-refractivity contribution in [2.75, 3.05) is 7.11 Å². The molecule has 0 aliphatic heterocycles. The van der Waals surface area contributed by atoms with Gasteiger partial charge in [-0.05, 0) is 17.7 Å². The van der Waals surface area contributed by atoms with Crippen molar-refractivity contribution >= 4 is 11.8 Å². The Labute approximate surface area is 110 Å². The normalized spacial score (nSPS) is 10.6. The van der Waals surface area contributed by atoms with Crippen LogP contribution in [0.1, 0.15) is 11.4 Å². The van der Waals surface area contributed by atoms with Crippen LogP contribution in [0.3, 0.4) is 0 Å². The van der Waals surface area contributed by atoms with Crippen LogP contribution in [0.25, 0.3) is 0 Å². The molecule has 18 heavy (non-hydrogen) atoms. The van der Waals surface area contributed by atoms with E-state index in [4.69, 9.17) is 10.5 Å². The minimum absolute atomic E-state index is 0.409. The average Bonchev–Trinajstić information content (AvgIpc) is 2.77. The van der Waals surface area contributed by atoms with Crippen molar-refractivity contribution < 1.29 is 4.74 Å². The molecule has 0 fully saturated rings. The second kappa shape index (κ2) is 5.88. The maximum Gasteiger partial charge on any atom is 0.191 e. The summed E-state index contributed by atoms with van der Waals surface area (Å²) in [5.74, 6) is 2.51. The lowest BCUT2D eigenvalue weighted by atomic mass is 10.2. The first-order valence-corrected chi connectivity index (χ1v) is 6.57. The van der Waals surface area contributed by atoms with E-state index in [1.165, 1.54) is 5.56 Å². The maximum absolute atomic E-state index is 5.56. The standard InChI is InChI=1S/C12H16N4OS/c1-16-11(7-13)14-15-12(16)18-8-9-3-5-10(17-2)6-4-9/h3-6H,7-8,13H2,1-2H3. The summed E-state index contributed by atoms with van der Waals surface area (Å²) < 4.78 is 7.05. The van der Waals surface area contributed by atoms with Crippen molar-refractivity contribution in [3.63, 3.8) is 0 Å². The Balaban J connectivity index is 1.99. The molecule has 0 saturated carbocycles. The Hall–Kier alpha value is -1.53. The molecule has 5 nitrogen and oxygen atoms in total. The smallest absolute Gasteiger partial charge is 0.191 e. The molecule has 0 amide bonds. The van der Waals surface area contributed by atoms with Crippen molar-refractivity contribution in [3.05, 3.63) is 35.7 Å². The SMILES string of the molecule is COc1ccc(CSc2nnc(CN)n2C)cc1. The van der Waals surface area contributed by atoms with Crippen molar-refractivity contribution in [1.82, 2.24) is 14.8 Å². The van der Waals surface area contributed by atoms with Gasteiger partial charge in [-0.3, -0.25) is 0 Å². The number of hydrogen-bond donors (Lipinski definition) is 1. The third kappa shape index (κ3) is 2.83. The first-order chi connectivity index (χ1) is 8.74. The zero-order valence-corrected chi connectivity index (χ0v) is 11.3. The Kier molecular flexibility index (Phi) is 4.22. The minimum atomic E-state index is 0.409. The molecule has 2 N–H and O–H groups in total. The van der Waals surface area contributed by atoms with E-state index in [2.05, 4.69) is 10.2 Å². The molecule has 0 unspecified atom stereocenters. The van der Waals surface area contributed by atoms with Gasteiger partial charge in [0.2, 0.25) is 0 Å². The average molecular weight is 264 g/mol. The van der Waals surface area contributed by atoms with Crippen LogP contribution in [0, 0.1) is 0 Å². The van der Waals surface area contributed by atoms with E-state index >= 15 is 0 Å². The van der Waals surface area contributed by atoms with E-state index in [0.29, 0.717) is 6.54 Å². The Morgan fingerprint density at radius 1 is 1.28 bits per heavy atom. The van der Waals surface area contributed by atoms with Gasteiger partial charge in [0.05, 0.1) is 13.7 Å². The predicted octanol–water partition coefficient (Wildman–Crippen LogP) is 1.57. The van der Waals surface area contributed by atoms with Gasteiger partial charge in [0.1, 0.15) is 11.6 Å². The number of ether oxygens (including phenoxy) is 1. The molecular weight excluding hydrogens is 248 g/mol. The second-order valence-electron chi connectivity index (χ2n) is 3.80. The summed E-state index contributed by atoms with van der Waals surface area (Å²) in [6.07, 6.45) is 0. The topological polar surface area (TPSA) is 66.0 Å². The van der Waals surface area contributed by atoms with Crippen molar-refractivity contribution in [3.8, 4) is 5.75 Å². The molecule has 0 bridgehead atoms. The third-order valence-electron chi connectivity index (χ3n) is 2.63. The molecule has 2 aromatic rings. The Morgan fingerprint density at radius 3 is 2.56 bits per heavy atom. The van der Waals surface area contributed by atoms with Gasteiger partial charge >= 0.3 is 0 Å². The minimum Gasteiger partial charge on any atom is -0.497 e. The van der Waals surface area contributed by atoms with Gasteiger partial charge in [-0.15, -0.1) is 10.2 Å². The van der Waals surface area contributed by atoms with Crippen LogP contribution >= 0.6 is 11.8 Å². The molecule has 0 spiro atoms. The molecule has 6 heteroatoms. The van der Waals surface area contributed by atoms with Gasteiger partial charge in [0.25, 0.3) is 0 Å². The molecule has 0 atom stereocenters. The Morgan fingerprint density at radius 2 is 2.00 bits per heavy atom. The van der Waals surface area contributed by atoms with Gasteiger partial charge in [0.15, 0.2) is 5.16 Å². The van der Waals surface area contributed by atoms with Crippen molar-refractivity contribution in [2.45, 2.75) is 17.5 Å². The van der Waals surface area contributed by atoms with Crippen LogP contribution in [0.5, 0.6) is 5.75 Å². The van der Waals surface area contributed by atoms with Crippen LogP contribution in [0.2, 0.25) is 0 Å². The summed E-state index contributed by atoms with van der Waals surface area (Å²) in [6, 6.07) is 8.01. The number of methoxy groups -OCH3 is 1. The Bertz CT molecular complexity index is 509. The lowest BCUT2D eigenvalue weighted by Crippen LogP contribution is -2.05. The van der Waals surface area contributed by atoms with E-state index < -0.39 is 0 Å². The van der Waals surface area contributed by atoms with Crippen LogP contribution in [0.15, 0.2) is 29.4 Å². The quantitative estimate of drug-likeness (QED) is 0.830. The summed E-state index contributed by atoms with van der Waals surface area (Å²) in [7, 11) is 3.59. The largest absolute Gasteiger partial charge is 0.497 e. The molecule has 2 rings (SSSR count). The number of nitrogens with two attached hydrogens (primary N) is 1. The van der Waals surface area contributed by atoms with E-state index in [1.54, 1.807) is 18.9 Å². The highest BCUT2D eigenvalue weighted by atomic mass is 32.2. The molecule has 1 aromatic heterocycles. The number of rotatable bonds is 5. The summed E-state index contributed by atoms with van der Waals surface area (Å²) in [5.41, 5.74) is 6.78. The lowest BCUT2D eigenvalue weighted by molar-refractivity contribution is 0.414. The summed E-state index contributed by atoms with van der Waals surface area (Å²) in [5, 5.41) is 9.01. The first kappa shape index (κ1) is 12.9. The molecule has 0 radical (unpaired) electrons. The fourth-order valence-electron chi connectivity index (χ4n) is 1.52. The van der Waals surface area contributed by atoms with Gasteiger partial charge in [0, 0.05) is 12.8 Å². The fraction of sp³-hybridized carbons (Fsp3) is 0.333. The van der Waals surface area contributed by atoms with E-state index in [-0.39, 0.29) is 0 Å². The fourth-order valence-corrected chi connectivity index (χ4v) is 2.40. The predicted molar refractivity (Wildman–Crippen MR) is 71.4 cm³/mol. The zero-order chi connectivity index (χ0) is 13.0. The monoisotopic (exact) mass is 264 g/mol. The van der Waals surface area contributed by atoms with Gasteiger partial charge in [-0.25, -0.2) is 0 Å². The highest BCUT2D eigenvalue weighted by Crippen LogP contribution is 2.22. The number of hydrogen-bond acceptors (Lipinski definition) is 5. The van der Waals surface area contributed by atoms with Gasteiger partial charge < -0.3 is 15.0 Å². The van der Waals surface area contributed by atoms with E-state index in [1.807, 2.05) is 35.9 Å². The maximum atomic E-state index is 5.56. The van der Waals surface area contributed by atoms with E-state index in [0.717, 1.165) is 22.5 Å². The van der Waals surface area contributed by atoms with Crippen LogP contribution < -0.4 is 10.5 Å². The summed E-state index contributed by atoms with van der Waals surface area (Å²) in [6.45, 7) is 0.409. The van der Waals surface area contributed by atoms with Crippen molar-refractivity contribution in [1.29, 1.82) is 0 Å². The second-order valence-corrected chi connectivity index (χ2v) is 4.74. The number of aromatic nitrogens is 3. The molecule has 1 aromatic carbocycles. The first-order valence-electron chi connectivity index (χ1n) is 5.58. The number of thioether (sulfide) groups is 1. The van der Waals surface area contributed by atoms with Gasteiger partial charge in [-0.2, -0.15) is 0 Å². The molecule has 1 heterocycles. The molecule has 0 aliphatic carbocycles. The molecule has 0 aliphatic rings. The molecule has 96 valence electrons. The summed E-state index contributed by atoms with van der Waals surface area (Å²) >= 11 is 1.64. The highest BCUT2D eigenvalue weighted by molar-refractivity contribution is 7.98. The molecule has 0 saturated heterocycles. The lowest BCUT2D eigenvalue weighted by Gasteiger charge is -2.04. The van der Waals surface area contributed by atoms with Crippen molar-refractivity contribution in [2.24, 2.45) is 12.8 Å². The van der Waals surface area contributed by atoms with Crippen LogP contribution in [0.4, 0.5) is 0 Å². The van der Waals surface area contributed by atoms with E-state index in [9.17, 15) is 0 Å². The highest BCUT2D eigenvalue weighted by Gasteiger charge is 2.07. The molecular formula is C12H16N4OS. The third-order valence-corrected chi connectivity index (χ3v) is 3.73. The number of nitrogens with zero attached hydrogens (tertiary/aromatic N) is 3. The zero-order valence-electron chi connectivity index (χ0n) is 10.5. The van der Waals surface area contributed by atoms with Crippen LogP contribution in [-0.4, -0.2) is 21.9 Å². The van der Waals surface area contributed by atoms with Crippen LogP contribution in [-0.2, 0) is 19.3 Å². The van der Waals surface area contributed by atoms with Gasteiger partial charge in [-0.1, -0.05) is 23.9 Å². The number of benzene rings is 1. The summed E-state index contributed by atoms with van der Waals surface area (Å²) in [4.78, 5) is 0.